The minimum atomic E-state index is -0.282. The number of hydrogen-bond donors (Lipinski definition) is 1. The second-order valence-corrected chi connectivity index (χ2v) is 5.24. The number of hydrogen-bond acceptors (Lipinski definition) is 3. The molecule has 1 heterocycles. The Hall–Kier alpha value is -1.65. The first kappa shape index (κ1) is 14.8. The van der Waals surface area contributed by atoms with Crippen molar-refractivity contribution in [3.05, 3.63) is 53.9 Å². The average Bonchev–Trinajstić information content (AvgIpc) is 2.85. The quantitative estimate of drug-likeness (QED) is 0.841. The summed E-state index contributed by atoms with van der Waals surface area (Å²) in [6, 6.07) is 10.4. The third-order valence-corrected chi connectivity index (χ3v) is 3.35. The lowest BCUT2D eigenvalue weighted by Gasteiger charge is -2.24. The van der Waals surface area contributed by atoms with Gasteiger partial charge in [0.1, 0.15) is 0 Å². The molecule has 1 unspecified atom stereocenters. The lowest BCUT2D eigenvalue weighted by Crippen LogP contribution is -2.31. The molecule has 0 saturated carbocycles. The van der Waals surface area contributed by atoms with Crippen molar-refractivity contribution in [1.29, 1.82) is 0 Å². The van der Waals surface area contributed by atoms with Gasteiger partial charge in [0.05, 0.1) is 12.3 Å². The summed E-state index contributed by atoms with van der Waals surface area (Å²) >= 11 is 0. The number of benzene rings is 1. The molecule has 0 bridgehead atoms. The van der Waals surface area contributed by atoms with Gasteiger partial charge in [-0.3, -0.25) is 9.58 Å². The third kappa shape index (κ3) is 4.47. The van der Waals surface area contributed by atoms with E-state index in [2.05, 4.69) is 22.1 Å². The van der Waals surface area contributed by atoms with E-state index >= 15 is 0 Å². The largest absolute Gasteiger partial charge is 0.392 e. The highest BCUT2D eigenvalue weighted by Gasteiger charge is 2.12. The number of rotatable bonds is 7. The average molecular weight is 273 g/mol. The van der Waals surface area contributed by atoms with E-state index < -0.39 is 0 Å². The highest BCUT2D eigenvalue weighted by atomic mass is 16.3. The van der Waals surface area contributed by atoms with E-state index in [1.165, 1.54) is 11.1 Å². The minimum Gasteiger partial charge on any atom is -0.392 e. The predicted octanol–water partition coefficient (Wildman–Crippen LogP) is 2.19. The molecule has 20 heavy (non-hydrogen) atoms. The molecule has 0 aliphatic rings. The van der Waals surface area contributed by atoms with Crippen LogP contribution >= 0.6 is 0 Å². The minimum absolute atomic E-state index is 0.282. The first-order valence-corrected chi connectivity index (χ1v) is 7.09. The number of aliphatic hydroxyl groups is 1. The van der Waals surface area contributed by atoms with Gasteiger partial charge in [0, 0.05) is 38.4 Å². The van der Waals surface area contributed by atoms with Gasteiger partial charge in [-0.2, -0.15) is 5.10 Å². The van der Waals surface area contributed by atoms with Crippen LogP contribution in [0.1, 0.15) is 24.5 Å². The molecule has 1 atom stereocenters. The molecule has 1 aromatic carbocycles. The summed E-state index contributed by atoms with van der Waals surface area (Å²) in [7, 11) is 1.92. The van der Waals surface area contributed by atoms with E-state index in [4.69, 9.17) is 0 Å². The fraction of sp³-hybridized carbons (Fsp3) is 0.438. The van der Waals surface area contributed by atoms with Crippen molar-refractivity contribution >= 4 is 0 Å². The van der Waals surface area contributed by atoms with Gasteiger partial charge < -0.3 is 5.11 Å². The zero-order valence-electron chi connectivity index (χ0n) is 12.2. The molecule has 0 radical (unpaired) electrons. The topological polar surface area (TPSA) is 41.3 Å². The lowest BCUT2D eigenvalue weighted by atomic mass is 10.1. The lowest BCUT2D eigenvalue weighted by molar-refractivity contribution is 0.101. The van der Waals surface area contributed by atoms with Crippen molar-refractivity contribution in [2.24, 2.45) is 7.05 Å². The van der Waals surface area contributed by atoms with Crippen molar-refractivity contribution in [2.75, 3.05) is 6.54 Å². The maximum absolute atomic E-state index is 9.93. The van der Waals surface area contributed by atoms with Crippen molar-refractivity contribution in [3.8, 4) is 0 Å². The second-order valence-electron chi connectivity index (χ2n) is 5.24. The maximum atomic E-state index is 9.93. The second kappa shape index (κ2) is 7.22. The molecular formula is C16H23N3O. The summed E-state index contributed by atoms with van der Waals surface area (Å²) in [5, 5.41) is 14.1. The smallest absolute Gasteiger partial charge is 0.0664 e. The third-order valence-electron chi connectivity index (χ3n) is 3.35. The van der Waals surface area contributed by atoms with Crippen LogP contribution in [0, 0.1) is 0 Å². The van der Waals surface area contributed by atoms with E-state index in [0.29, 0.717) is 6.54 Å². The molecule has 4 nitrogen and oxygen atoms in total. The molecule has 2 aromatic rings. The predicted molar refractivity (Wildman–Crippen MR) is 80.1 cm³/mol. The maximum Gasteiger partial charge on any atom is 0.0664 e. The zero-order valence-corrected chi connectivity index (χ0v) is 12.2. The van der Waals surface area contributed by atoms with Crippen molar-refractivity contribution in [2.45, 2.75) is 32.5 Å². The normalized spacial score (nSPS) is 12.8. The number of nitrogens with zero attached hydrogens (tertiary/aromatic N) is 3. The van der Waals surface area contributed by atoms with Crippen molar-refractivity contribution in [3.63, 3.8) is 0 Å². The molecule has 2 rings (SSSR count). The Morgan fingerprint density at radius 2 is 1.90 bits per heavy atom. The Morgan fingerprint density at radius 3 is 2.50 bits per heavy atom. The Labute approximate surface area is 120 Å². The van der Waals surface area contributed by atoms with Crippen molar-refractivity contribution < 1.29 is 5.11 Å². The molecule has 4 heteroatoms. The van der Waals surface area contributed by atoms with Gasteiger partial charge in [-0.05, 0) is 12.0 Å². The first-order chi connectivity index (χ1) is 9.67. The molecule has 0 aliphatic carbocycles. The Morgan fingerprint density at radius 1 is 1.20 bits per heavy atom. The van der Waals surface area contributed by atoms with E-state index in [9.17, 15) is 5.11 Å². The summed E-state index contributed by atoms with van der Waals surface area (Å²) in [5.74, 6) is 0. The van der Waals surface area contributed by atoms with Gasteiger partial charge in [0.2, 0.25) is 0 Å². The Bertz CT molecular complexity index is 509. The van der Waals surface area contributed by atoms with Crippen LogP contribution in [0.3, 0.4) is 0 Å². The summed E-state index contributed by atoms with van der Waals surface area (Å²) < 4.78 is 1.81. The molecule has 0 saturated heterocycles. The van der Waals surface area contributed by atoms with E-state index in [1.54, 1.807) is 0 Å². The van der Waals surface area contributed by atoms with Crippen LogP contribution < -0.4 is 0 Å². The molecule has 0 amide bonds. The summed E-state index contributed by atoms with van der Waals surface area (Å²) in [4.78, 5) is 2.26. The van der Waals surface area contributed by atoms with Crippen LogP contribution in [0.15, 0.2) is 42.7 Å². The van der Waals surface area contributed by atoms with E-state index in [1.807, 2.05) is 49.2 Å². The van der Waals surface area contributed by atoms with Gasteiger partial charge in [-0.25, -0.2) is 0 Å². The Kier molecular flexibility index (Phi) is 5.32. The fourth-order valence-corrected chi connectivity index (χ4v) is 2.27. The summed E-state index contributed by atoms with van der Waals surface area (Å²) in [6.07, 6.45) is 4.40. The monoisotopic (exact) mass is 273 g/mol. The first-order valence-electron chi connectivity index (χ1n) is 7.09. The molecule has 0 fully saturated rings. The molecule has 1 N–H and O–H groups in total. The van der Waals surface area contributed by atoms with Gasteiger partial charge in [-0.1, -0.05) is 37.3 Å². The highest BCUT2D eigenvalue weighted by molar-refractivity contribution is 5.15. The van der Waals surface area contributed by atoms with Gasteiger partial charge >= 0.3 is 0 Å². The zero-order chi connectivity index (χ0) is 14.4. The van der Waals surface area contributed by atoms with E-state index in [-0.39, 0.29) is 6.10 Å². The molecule has 108 valence electrons. The van der Waals surface area contributed by atoms with Gasteiger partial charge in [0.25, 0.3) is 0 Å². The number of aromatic nitrogens is 2. The van der Waals surface area contributed by atoms with Crippen LogP contribution in [0.4, 0.5) is 0 Å². The van der Waals surface area contributed by atoms with Crippen LogP contribution in [0.2, 0.25) is 0 Å². The Balaban J connectivity index is 2.03. The van der Waals surface area contributed by atoms with Gasteiger partial charge in [0.15, 0.2) is 0 Å². The molecular weight excluding hydrogens is 250 g/mol. The van der Waals surface area contributed by atoms with Crippen LogP contribution in [-0.2, 0) is 20.1 Å². The van der Waals surface area contributed by atoms with Gasteiger partial charge in [-0.15, -0.1) is 0 Å². The molecule has 0 spiro atoms. The SMILES string of the molecule is CCC(O)CN(Cc1ccccc1)Cc1cnn(C)c1. The van der Waals surface area contributed by atoms with Crippen molar-refractivity contribution in [1.82, 2.24) is 14.7 Å². The van der Waals surface area contributed by atoms with Crippen LogP contribution in [0.25, 0.3) is 0 Å². The molecule has 0 aliphatic heterocycles. The number of aliphatic hydroxyl groups excluding tert-OH is 1. The number of aryl methyl sites for hydroxylation is 1. The fourth-order valence-electron chi connectivity index (χ4n) is 2.27. The van der Waals surface area contributed by atoms with Crippen LogP contribution in [0.5, 0.6) is 0 Å². The van der Waals surface area contributed by atoms with E-state index in [0.717, 1.165) is 19.5 Å². The summed E-state index contributed by atoms with van der Waals surface area (Å²) in [5.41, 5.74) is 2.44. The summed E-state index contributed by atoms with van der Waals surface area (Å²) in [6.45, 7) is 4.34. The molecule has 1 aromatic heterocycles. The van der Waals surface area contributed by atoms with Crippen LogP contribution in [-0.4, -0.2) is 32.4 Å². The standard InChI is InChI=1S/C16H23N3O/c1-3-16(20)13-19(11-14-7-5-4-6-8-14)12-15-9-17-18(2)10-15/h4-10,16,20H,3,11-13H2,1-2H3. The highest BCUT2D eigenvalue weighted by Crippen LogP contribution is 2.11.